The van der Waals surface area contributed by atoms with Crippen molar-refractivity contribution < 1.29 is 4.39 Å². The number of rotatable bonds is 1. The fourth-order valence-corrected chi connectivity index (χ4v) is 1.41. The van der Waals surface area contributed by atoms with Gasteiger partial charge in [-0.15, -0.1) is 5.73 Å². The highest BCUT2D eigenvalue weighted by Gasteiger charge is 2.21. The molecule has 0 saturated heterocycles. The van der Waals surface area contributed by atoms with Gasteiger partial charge in [-0.2, -0.15) is 0 Å². The highest BCUT2D eigenvalue weighted by molar-refractivity contribution is 5.29. The molecule has 0 aromatic carbocycles. The highest BCUT2D eigenvalue weighted by atomic mass is 19.1. The average Bonchev–Trinajstić information content (AvgIpc) is 2.12. The van der Waals surface area contributed by atoms with Crippen LogP contribution in [0, 0.1) is 11.8 Å². The van der Waals surface area contributed by atoms with Gasteiger partial charge in [-0.3, -0.25) is 0 Å². The molecule has 0 saturated carbocycles. The minimum Gasteiger partial charge on any atom is -0.211 e. The van der Waals surface area contributed by atoms with E-state index in [1.54, 1.807) is 19.1 Å². The number of hydrogen-bond donors (Lipinski definition) is 0. The van der Waals surface area contributed by atoms with Crippen LogP contribution in [0.2, 0.25) is 0 Å². The van der Waals surface area contributed by atoms with Gasteiger partial charge in [0.15, 0.2) is 0 Å². The molecule has 0 nitrogen and oxygen atoms in total. The van der Waals surface area contributed by atoms with Crippen LogP contribution in [0.4, 0.5) is 4.39 Å². The Balaban J connectivity index is 2.96. The van der Waals surface area contributed by atoms with Crippen molar-refractivity contribution in [3.63, 3.8) is 0 Å². The van der Waals surface area contributed by atoms with Crippen LogP contribution in [0.15, 0.2) is 41.4 Å². The Kier molecular flexibility index (Phi) is 3.27. The molecule has 2 atom stereocenters. The lowest BCUT2D eigenvalue weighted by molar-refractivity contribution is 0.445. The van der Waals surface area contributed by atoms with E-state index in [4.69, 9.17) is 0 Å². The standard InChI is InChI=1S/C12H15F/c1-4-5-6-11-9(2)7-8-10(3)12(11)13/h4,6-9,11H,1-3H3/t5?,9-,11?/m1/s1. The van der Waals surface area contributed by atoms with Crippen LogP contribution in [-0.2, 0) is 0 Å². The number of allylic oxidation sites excluding steroid dienone is 5. The quantitative estimate of drug-likeness (QED) is 0.536. The predicted molar refractivity (Wildman–Crippen MR) is 53.9 cm³/mol. The minimum absolute atomic E-state index is 0.0237. The van der Waals surface area contributed by atoms with Crippen molar-refractivity contribution in [2.75, 3.05) is 0 Å². The van der Waals surface area contributed by atoms with Crippen molar-refractivity contribution in [2.24, 2.45) is 11.8 Å². The molecule has 0 fully saturated rings. The third-order valence-corrected chi connectivity index (χ3v) is 2.33. The lowest BCUT2D eigenvalue weighted by Crippen LogP contribution is -2.11. The molecule has 1 heteroatoms. The first kappa shape index (κ1) is 10.0. The normalized spacial score (nSPS) is 27.1. The van der Waals surface area contributed by atoms with Crippen LogP contribution < -0.4 is 0 Å². The Labute approximate surface area is 79.2 Å². The molecule has 0 amide bonds. The maximum absolute atomic E-state index is 13.6. The van der Waals surface area contributed by atoms with Gasteiger partial charge >= 0.3 is 0 Å². The molecule has 0 N–H and O–H groups in total. The Bertz CT molecular complexity index is 301. The van der Waals surface area contributed by atoms with Gasteiger partial charge in [0.25, 0.3) is 0 Å². The summed E-state index contributed by atoms with van der Waals surface area (Å²) in [5.74, 6) is 0.0849. The van der Waals surface area contributed by atoms with E-state index in [1.807, 2.05) is 26.0 Å². The van der Waals surface area contributed by atoms with Crippen LogP contribution in [0.3, 0.4) is 0 Å². The largest absolute Gasteiger partial charge is 0.211 e. The summed E-state index contributed by atoms with van der Waals surface area (Å²) in [6.45, 7) is 5.70. The van der Waals surface area contributed by atoms with E-state index < -0.39 is 0 Å². The molecular formula is C12H15F. The summed E-state index contributed by atoms with van der Waals surface area (Å²) < 4.78 is 13.6. The van der Waals surface area contributed by atoms with Crippen molar-refractivity contribution >= 4 is 0 Å². The Morgan fingerprint density at radius 1 is 1.54 bits per heavy atom. The molecule has 0 spiro atoms. The van der Waals surface area contributed by atoms with Gasteiger partial charge < -0.3 is 0 Å². The molecule has 70 valence electrons. The molecule has 0 aromatic heterocycles. The van der Waals surface area contributed by atoms with Gasteiger partial charge in [0.1, 0.15) is 5.83 Å². The summed E-state index contributed by atoms with van der Waals surface area (Å²) in [5.41, 5.74) is 3.67. The summed E-state index contributed by atoms with van der Waals surface area (Å²) in [6.07, 6.45) is 7.48. The maximum atomic E-state index is 13.6. The molecule has 13 heavy (non-hydrogen) atoms. The van der Waals surface area contributed by atoms with Crippen molar-refractivity contribution in [2.45, 2.75) is 20.8 Å². The predicted octanol–water partition coefficient (Wildman–Crippen LogP) is 3.78. The van der Waals surface area contributed by atoms with E-state index in [0.29, 0.717) is 0 Å². The molecule has 0 aliphatic heterocycles. The monoisotopic (exact) mass is 178 g/mol. The topological polar surface area (TPSA) is 0 Å². The van der Waals surface area contributed by atoms with Gasteiger partial charge in [0.2, 0.25) is 0 Å². The van der Waals surface area contributed by atoms with E-state index >= 15 is 0 Å². The SMILES string of the molecule is CC=C=CC1C(F)=C(C)C=C[C@H]1C. The second-order valence-electron chi connectivity index (χ2n) is 3.40. The van der Waals surface area contributed by atoms with Gasteiger partial charge in [-0.1, -0.05) is 19.1 Å². The third-order valence-electron chi connectivity index (χ3n) is 2.33. The zero-order chi connectivity index (χ0) is 9.84. The molecule has 1 unspecified atom stereocenters. The van der Waals surface area contributed by atoms with Crippen LogP contribution in [0.25, 0.3) is 0 Å². The molecule has 0 radical (unpaired) electrons. The first-order valence-electron chi connectivity index (χ1n) is 4.58. The Morgan fingerprint density at radius 2 is 2.23 bits per heavy atom. The molecule has 1 aliphatic carbocycles. The van der Waals surface area contributed by atoms with E-state index in [9.17, 15) is 4.39 Å². The molecule has 0 bridgehead atoms. The summed E-state index contributed by atoms with van der Waals surface area (Å²) in [5, 5.41) is 0. The first-order chi connectivity index (χ1) is 6.16. The summed E-state index contributed by atoms with van der Waals surface area (Å²) >= 11 is 0. The van der Waals surface area contributed by atoms with E-state index in [2.05, 4.69) is 5.73 Å². The lowest BCUT2D eigenvalue weighted by Gasteiger charge is -2.20. The van der Waals surface area contributed by atoms with Crippen molar-refractivity contribution in [1.82, 2.24) is 0 Å². The van der Waals surface area contributed by atoms with Crippen LogP contribution in [0.1, 0.15) is 20.8 Å². The van der Waals surface area contributed by atoms with Gasteiger partial charge in [-0.05, 0) is 37.5 Å². The zero-order valence-electron chi connectivity index (χ0n) is 8.34. The number of hydrogen-bond acceptors (Lipinski definition) is 0. The Morgan fingerprint density at radius 3 is 2.85 bits per heavy atom. The third kappa shape index (κ3) is 2.19. The first-order valence-corrected chi connectivity index (χ1v) is 4.58. The summed E-state index contributed by atoms with van der Waals surface area (Å²) in [7, 11) is 0. The van der Waals surface area contributed by atoms with Crippen LogP contribution in [0.5, 0.6) is 0 Å². The Hall–Kier alpha value is -1.07. The average molecular weight is 178 g/mol. The fourth-order valence-electron chi connectivity index (χ4n) is 1.41. The van der Waals surface area contributed by atoms with E-state index in [0.717, 1.165) is 5.57 Å². The highest BCUT2D eigenvalue weighted by Crippen LogP contribution is 2.31. The van der Waals surface area contributed by atoms with Gasteiger partial charge in [0, 0.05) is 5.92 Å². The lowest BCUT2D eigenvalue weighted by atomic mass is 9.86. The molecular weight excluding hydrogens is 163 g/mol. The smallest absolute Gasteiger partial charge is 0.111 e. The molecule has 1 rings (SSSR count). The van der Waals surface area contributed by atoms with Crippen molar-refractivity contribution in [1.29, 1.82) is 0 Å². The van der Waals surface area contributed by atoms with Crippen LogP contribution in [-0.4, -0.2) is 0 Å². The molecule has 1 aliphatic rings. The zero-order valence-corrected chi connectivity index (χ0v) is 8.34. The second-order valence-corrected chi connectivity index (χ2v) is 3.40. The van der Waals surface area contributed by atoms with E-state index in [1.165, 1.54) is 0 Å². The van der Waals surface area contributed by atoms with Crippen molar-refractivity contribution in [3.05, 3.63) is 41.4 Å². The van der Waals surface area contributed by atoms with Gasteiger partial charge in [0.05, 0.1) is 0 Å². The molecule has 0 aromatic rings. The minimum atomic E-state index is -0.124. The van der Waals surface area contributed by atoms with Gasteiger partial charge in [-0.25, -0.2) is 4.39 Å². The fraction of sp³-hybridized carbons (Fsp3) is 0.417. The maximum Gasteiger partial charge on any atom is 0.111 e. The number of halogens is 1. The molecule has 0 heterocycles. The van der Waals surface area contributed by atoms with Crippen molar-refractivity contribution in [3.8, 4) is 0 Å². The second kappa shape index (κ2) is 4.25. The summed E-state index contributed by atoms with van der Waals surface area (Å²) in [6, 6.07) is 0. The van der Waals surface area contributed by atoms with E-state index in [-0.39, 0.29) is 17.7 Å². The summed E-state index contributed by atoms with van der Waals surface area (Å²) in [4.78, 5) is 0. The van der Waals surface area contributed by atoms with Crippen LogP contribution >= 0.6 is 0 Å².